The smallest absolute Gasteiger partial charge is 0.146 e. The molecular weight excluding hydrogens is 190 g/mol. The van der Waals surface area contributed by atoms with Crippen LogP contribution in [0, 0.1) is 11.3 Å². The zero-order chi connectivity index (χ0) is 11.6. The highest BCUT2D eigenvalue weighted by molar-refractivity contribution is 5.87. The number of rotatable bonds is 2. The first-order chi connectivity index (χ1) is 6.82. The Morgan fingerprint density at radius 1 is 1.20 bits per heavy atom. The van der Waals surface area contributed by atoms with Gasteiger partial charge in [-0.2, -0.15) is 0 Å². The van der Waals surface area contributed by atoms with Crippen LogP contribution in [0.25, 0.3) is 0 Å². The van der Waals surface area contributed by atoms with Crippen LogP contribution in [-0.4, -0.2) is 24.2 Å². The van der Waals surface area contributed by atoms with Crippen molar-refractivity contribution in [2.45, 2.75) is 46.6 Å². The van der Waals surface area contributed by atoms with Crippen molar-refractivity contribution in [2.24, 2.45) is 11.3 Å². The predicted octanol–water partition coefficient (Wildman–Crippen LogP) is 1.56. The third-order valence-electron chi connectivity index (χ3n) is 3.02. The second-order valence-corrected chi connectivity index (χ2v) is 5.46. The summed E-state index contributed by atoms with van der Waals surface area (Å²) in [4.78, 5) is 23.1. The largest absolute Gasteiger partial charge is 0.307 e. The molecule has 0 bridgehead atoms. The number of carbonyl (C=O) groups excluding carboxylic acids is 2. The molecule has 0 aromatic heterocycles. The third kappa shape index (κ3) is 3.13. The molecule has 1 heterocycles. The van der Waals surface area contributed by atoms with Crippen LogP contribution in [0.15, 0.2) is 0 Å². The van der Waals surface area contributed by atoms with Crippen molar-refractivity contribution in [1.82, 2.24) is 5.32 Å². The van der Waals surface area contributed by atoms with Gasteiger partial charge in [0, 0.05) is 17.9 Å². The lowest BCUT2D eigenvalue weighted by Gasteiger charge is -2.31. The molecule has 15 heavy (non-hydrogen) atoms. The minimum atomic E-state index is -0.268. The molecule has 0 amide bonds. The summed E-state index contributed by atoms with van der Waals surface area (Å²) in [5.41, 5.74) is -0.268. The van der Waals surface area contributed by atoms with Gasteiger partial charge in [0.1, 0.15) is 11.6 Å². The van der Waals surface area contributed by atoms with Gasteiger partial charge in [-0.05, 0) is 19.8 Å². The second-order valence-electron chi connectivity index (χ2n) is 5.46. The molecule has 1 aliphatic rings. The van der Waals surface area contributed by atoms with E-state index in [9.17, 15) is 9.59 Å². The summed E-state index contributed by atoms with van der Waals surface area (Å²) in [5, 5.41) is 3.15. The maximum atomic E-state index is 12.0. The Bertz CT molecular complexity index is 257. The zero-order valence-corrected chi connectivity index (χ0v) is 10.1. The highest BCUT2D eigenvalue weighted by atomic mass is 16.1. The zero-order valence-electron chi connectivity index (χ0n) is 10.1. The van der Waals surface area contributed by atoms with Crippen molar-refractivity contribution in [3.05, 3.63) is 0 Å². The van der Waals surface area contributed by atoms with Crippen molar-refractivity contribution in [1.29, 1.82) is 0 Å². The van der Waals surface area contributed by atoms with Crippen molar-refractivity contribution in [3.63, 3.8) is 0 Å². The molecule has 0 aromatic carbocycles. The van der Waals surface area contributed by atoms with Crippen molar-refractivity contribution in [2.75, 3.05) is 6.54 Å². The molecular formula is C12H21NO2. The van der Waals surface area contributed by atoms with E-state index in [2.05, 4.69) is 5.32 Å². The maximum absolute atomic E-state index is 12.0. The first kappa shape index (κ1) is 12.4. The summed E-state index contributed by atoms with van der Waals surface area (Å²) in [7, 11) is 0. The van der Waals surface area contributed by atoms with Crippen LogP contribution in [0.1, 0.15) is 40.5 Å². The predicted molar refractivity (Wildman–Crippen MR) is 59.7 cm³/mol. The van der Waals surface area contributed by atoms with Crippen LogP contribution in [-0.2, 0) is 9.59 Å². The summed E-state index contributed by atoms with van der Waals surface area (Å²) in [6.45, 7) is 8.11. The van der Waals surface area contributed by atoms with E-state index in [4.69, 9.17) is 0 Å². The molecule has 3 heteroatoms. The number of ketones is 2. The molecule has 0 spiro atoms. The number of carbonyl (C=O) groups is 2. The summed E-state index contributed by atoms with van der Waals surface area (Å²) in [6, 6.07) is -0.0333. The van der Waals surface area contributed by atoms with Gasteiger partial charge in [-0.3, -0.25) is 9.59 Å². The van der Waals surface area contributed by atoms with E-state index < -0.39 is 0 Å². The Balaban J connectivity index is 2.51. The quantitative estimate of drug-likeness (QED) is 0.754. The Morgan fingerprint density at radius 3 is 2.13 bits per heavy atom. The topological polar surface area (TPSA) is 46.2 Å². The lowest BCUT2D eigenvalue weighted by Crippen LogP contribution is -2.47. The van der Waals surface area contributed by atoms with Gasteiger partial charge >= 0.3 is 0 Å². The van der Waals surface area contributed by atoms with Crippen molar-refractivity contribution in [3.8, 4) is 0 Å². The Hall–Kier alpha value is -0.700. The fourth-order valence-electron chi connectivity index (χ4n) is 2.04. The first-order valence-corrected chi connectivity index (χ1v) is 5.60. The van der Waals surface area contributed by atoms with Crippen LogP contribution in [0.2, 0.25) is 0 Å². The van der Waals surface area contributed by atoms with Gasteiger partial charge in [-0.15, -0.1) is 0 Å². The van der Waals surface area contributed by atoms with E-state index in [0.717, 1.165) is 12.8 Å². The lowest BCUT2D eigenvalue weighted by atomic mass is 9.79. The van der Waals surface area contributed by atoms with E-state index in [-0.39, 0.29) is 23.2 Å². The van der Waals surface area contributed by atoms with Gasteiger partial charge in [-0.25, -0.2) is 0 Å². The van der Waals surface area contributed by atoms with E-state index in [1.807, 2.05) is 20.8 Å². The average molecular weight is 211 g/mol. The molecule has 0 radical (unpaired) electrons. The van der Waals surface area contributed by atoms with Gasteiger partial charge in [0.05, 0.1) is 6.04 Å². The summed E-state index contributed by atoms with van der Waals surface area (Å²) < 4.78 is 0. The van der Waals surface area contributed by atoms with Crippen LogP contribution < -0.4 is 5.32 Å². The Labute approximate surface area is 91.6 Å². The summed E-state index contributed by atoms with van der Waals surface area (Å²) in [6.07, 6.45) is 1.63. The molecule has 1 aliphatic heterocycles. The summed E-state index contributed by atoms with van der Waals surface area (Å²) in [5.74, 6) is 0.564. The first-order valence-electron chi connectivity index (χ1n) is 5.60. The highest BCUT2D eigenvalue weighted by Gasteiger charge is 2.33. The molecule has 1 N–H and O–H groups in total. The highest BCUT2D eigenvalue weighted by Crippen LogP contribution is 2.25. The molecule has 2 atom stereocenters. The van der Waals surface area contributed by atoms with Crippen LogP contribution >= 0.6 is 0 Å². The molecule has 86 valence electrons. The number of Topliss-reactive ketones (excluding diaryl/α,β-unsaturated/α-hetero) is 2. The van der Waals surface area contributed by atoms with E-state index in [1.165, 1.54) is 0 Å². The van der Waals surface area contributed by atoms with Crippen LogP contribution in [0.5, 0.6) is 0 Å². The maximum Gasteiger partial charge on any atom is 0.146 e. The van der Waals surface area contributed by atoms with Gasteiger partial charge in [0.25, 0.3) is 0 Å². The van der Waals surface area contributed by atoms with Gasteiger partial charge < -0.3 is 5.32 Å². The molecule has 0 aliphatic carbocycles. The Morgan fingerprint density at radius 2 is 1.80 bits per heavy atom. The van der Waals surface area contributed by atoms with E-state index in [1.54, 1.807) is 6.92 Å². The van der Waals surface area contributed by atoms with E-state index in [0.29, 0.717) is 12.3 Å². The fraction of sp³-hybridized carbons (Fsp3) is 0.833. The van der Waals surface area contributed by atoms with Crippen LogP contribution in [0.3, 0.4) is 0 Å². The van der Waals surface area contributed by atoms with Gasteiger partial charge in [0.15, 0.2) is 0 Å². The third-order valence-corrected chi connectivity index (χ3v) is 3.02. The second kappa shape index (κ2) is 4.44. The number of hydrogen-bond acceptors (Lipinski definition) is 3. The molecule has 1 saturated heterocycles. The Kier molecular flexibility index (Phi) is 3.66. The van der Waals surface area contributed by atoms with Gasteiger partial charge in [-0.1, -0.05) is 20.8 Å². The van der Waals surface area contributed by atoms with Crippen LogP contribution in [0.4, 0.5) is 0 Å². The molecule has 0 saturated carbocycles. The number of piperidine rings is 1. The van der Waals surface area contributed by atoms with Gasteiger partial charge in [0.2, 0.25) is 0 Å². The standard InChI is InChI=1S/C12H21NO2/c1-8(14)10-6-5-9(7-13-10)11(15)12(2,3)4/h9-10,13H,5-7H2,1-4H3. The van der Waals surface area contributed by atoms with E-state index >= 15 is 0 Å². The monoisotopic (exact) mass is 211 g/mol. The minimum Gasteiger partial charge on any atom is -0.307 e. The SMILES string of the molecule is CC(=O)C1CCC(C(=O)C(C)(C)C)CN1. The lowest BCUT2D eigenvalue weighted by molar-refractivity contribution is -0.132. The molecule has 3 nitrogen and oxygen atoms in total. The number of nitrogens with one attached hydrogen (secondary N) is 1. The molecule has 2 unspecified atom stereocenters. The molecule has 1 rings (SSSR count). The molecule has 0 aromatic rings. The minimum absolute atomic E-state index is 0.0333. The normalized spacial score (nSPS) is 27.5. The van der Waals surface area contributed by atoms with Crippen molar-refractivity contribution >= 4 is 11.6 Å². The molecule has 1 fully saturated rings. The number of hydrogen-bond donors (Lipinski definition) is 1. The average Bonchev–Trinajstić information content (AvgIpc) is 2.15. The summed E-state index contributed by atoms with van der Waals surface area (Å²) >= 11 is 0. The fourth-order valence-corrected chi connectivity index (χ4v) is 2.04. The van der Waals surface area contributed by atoms with Crippen molar-refractivity contribution < 1.29 is 9.59 Å².